The minimum Gasteiger partial charge on any atom is -0.372 e. The Hall–Kier alpha value is -2.95. The summed E-state index contributed by atoms with van der Waals surface area (Å²) in [7, 11) is 0. The molecule has 0 aromatic heterocycles. The van der Waals surface area contributed by atoms with Crippen molar-refractivity contribution in [3.05, 3.63) is 54.1 Å². The molecule has 1 amide bonds. The van der Waals surface area contributed by atoms with Crippen LogP contribution in [0.3, 0.4) is 0 Å². The van der Waals surface area contributed by atoms with Crippen molar-refractivity contribution in [2.75, 3.05) is 23.0 Å². The van der Waals surface area contributed by atoms with E-state index in [-0.39, 0.29) is 5.91 Å². The molecule has 3 rings (SSSR count). The van der Waals surface area contributed by atoms with Gasteiger partial charge in [0.2, 0.25) is 0 Å². The topological polar surface area (TPSA) is 48.3 Å². The van der Waals surface area contributed by atoms with Crippen LogP contribution in [0.1, 0.15) is 32.8 Å². The summed E-state index contributed by atoms with van der Waals surface area (Å²) in [4.78, 5) is 19.9. The maximum Gasteiger partial charge on any atom is 0.299 e. The lowest BCUT2D eigenvalue weighted by molar-refractivity contribution is -0.112. The van der Waals surface area contributed by atoms with E-state index in [0.29, 0.717) is 12.1 Å². The molecule has 5 nitrogen and oxygen atoms in total. The van der Waals surface area contributed by atoms with Crippen LogP contribution < -0.4 is 9.91 Å². The number of para-hydroxylation sites is 1. The number of aryl methyl sites for hydroxylation is 1. The van der Waals surface area contributed by atoms with Crippen molar-refractivity contribution < 1.29 is 4.79 Å². The average Bonchev–Trinajstić information content (AvgIpc) is 3.01. The second-order valence-corrected chi connectivity index (χ2v) is 6.46. The van der Waals surface area contributed by atoms with E-state index >= 15 is 0 Å². The van der Waals surface area contributed by atoms with Crippen LogP contribution >= 0.6 is 0 Å². The van der Waals surface area contributed by atoms with E-state index in [1.807, 2.05) is 50.2 Å². The Morgan fingerprint density at radius 2 is 1.74 bits per heavy atom. The molecule has 0 radical (unpaired) electrons. The van der Waals surface area contributed by atoms with Gasteiger partial charge in [-0.1, -0.05) is 25.1 Å². The van der Waals surface area contributed by atoms with E-state index in [9.17, 15) is 4.79 Å². The maximum absolute atomic E-state index is 12.9. The van der Waals surface area contributed by atoms with Gasteiger partial charge in [0.15, 0.2) is 5.71 Å². The molecule has 27 heavy (non-hydrogen) atoms. The first kappa shape index (κ1) is 18.8. The molecule has 0 unspecified atom stereocenters. The summed E-state index contributed by atoms with van der Waals surface area (Å²) in [5, 5.41) is 5.94. The number of hydrogen-bond donors (Lipinski definition) is 0. The standard InChI is InChI=1S/C22H26N4O/c1-5-19-21(22(27)26(24-19)17-11-9-8-10-12-17)23-20-14-13-18(15-16(20)4)25(6-2)7-3/h8-15H,5-7H2,1-4H3. The largest absolute Gasteiger partial charge is 0.372 e. The van der Waals surface area contributed by atoms with Crippen molar-refractivity contribution in [3.8, 4) is 0 Å². The first-order valence-electron chi connectivity index (χ1n) is 9.50. The number of nitrogens with zero attached hydrogens (tertiary/aromatic N) is 4. The zero-order valence-electron chi connectivity index (χ0n) is 16.4. The Balaban J connectivity index is 1.95. The van der Waals surface area contributed by atoms with Gasteiger partial charge in [0, 0.05) is 18.8 Å². The van der Waals surface area contributed by atoms with Gasteiger partial charge in [-0.2, -0.15) is 10.1 Å². The summed E-state index contributed by atoms with van der Waals surface area (Å²) < 4.78 is 0. The van der Waals surface area contributed by atoms with Gasteiger partial charge in [0.1, 0.15) is 0 Å². The van der Waals surface area contributed by atoms with Crippen molar-refractivity contribution in [1.82, 2.24) is 0 Å². The molecule has 0 fully saturated rings. The van der Waals surface area contributed by atoms with Gasteiger partial charge >= 0.3 is 0 Å². The third-order valence-electron chi connectivity index (χ3n) is 4.77. The molecule has 2 aromatic rings. The number of benzene rings is 2. The fraction of sp³-hybridized carbons (Fsp3) is 0.318. The molecular formula is C22H26N4O. The average molecular weight is 362 g/mol. The van der Waals surface area contributed by atoms with Crippen molar-refractivity contribution in [2.24, 2.45) is 10.1 Å². The van der Waals surface area contributed by atoms with Crippen molar-refractivity contribution in [1.29, 1.82) is 0 Å². The van der Waals surface area contributed by atoms with Crippen LogP contribution in [-0.2, 0) is 4.79 Å². The van der Waals surface area contributed by atoms with Crippen LogP contribution in [-0.4, -0.2) is 30.4 Å². The van der Waals surface area contributed by atoms with E-state index in [4.69, 9.17) is 4.99 Å². The number of hydrazone groups is 1. The highest BCUT2D eigenvalue weighted by atomic mass is 16.2. The normalized spacial score (nSPS) is 15.4. The molecule has 0 N–H and O–H groups in total. The Labute approximate surface area is 161 Å². The van der Waals surface area contributed by atoms with Gasteiger partial charge in [-0.25, -0.2) is 4.99 Å². The lowest BCUT2D eigenvalue weighted by atomic mass is 10.1. The van der Waals surface area contributed by atoms with Gasteiger partial charge in [-0.15, -0.1) is 0 Å². The third-order valence-corrected chi connectivity index (χ3v) is 4.77. The van der Waals surface area contributed by atoms with Crippen LogP contribution in [0.15, 0.2) is 58.6 Å². The third kappa shape index (κ3) is 3.77. The fourth-order valence-electron chi connectivity index (χ4n) is 3.20. The molecule has 1 heterocycles. The van der Waals surface area contributed by atoms with Gasteiger partial charge in [0.05, 0.1) is 17.1 Å². The molecule has 140 valence electrons. The van der Waals surface area contributed by atoms with Crippen LogP contribution in [0.2, 0.25) is 0 Å². The summed E-state index contributed by atoms with van der Waals surface area (Å²) >= 11 is 0. The summed E-state index contributed by atoms with van der Waals surface area (Å²) in [5.41, 5.74) is 4.94. The van der Waals surface area contributed by atoms with Gasteiger partial charge in [-0.05, 0) is 63.1 Å². The summed E-state index contributed by atoms with van der Waals surface area (Å²) in [6.45, 7) is 10.2. The van der Waals surface area contributed by atoms with Crippen LogP contribution in [0.4, 0.5) is 17.1 Å². The Morgan fingerprint density at radius 3 is 2.33 bits per heavy atom. The first-order chi connectivity index (χ1) is 13.1. The Bertz CT molecular complexity index is 882. The van der Waals surface area contributed by atoms with E-state index in [1.54, 1.807) is 0 Å². The number of aliphatic imine (C=N–C) groups is 1. The second kappa shape index (κ2) is 8.16. The molecule has 0 bridgehead atoms. The molecule has 2 aromatic carbocycles. The van der Waals surface area contributed by atoms with Gasteiger partial charge in [-0.3, -0.25) is 4.79 Å². The van der Waals surface area contributed by atoms with E-state index < -0.39 is 0 Å². The maximum atomic E-state index is 12.9. The zero-order valence-corrected chi connectivity index (χ0v) is 16.4. The lowest BCUT2D eigenvalue weighted by Gasteiger charge is -2.21. The van der Waals surface area contributed by atoms with Gasteiger partial charge < -0.3 is 4.90 Å². The predicted molar refractivity (Wildman–Crippen MR) is 113 cm³/mol. The number of carbonyl (C=O) groups excluding carboxylic acids is 1. The van der Waals surface area contributed by atoms with Gasteiger partial charge in [0.25, 0.3) is 5.91 Å². The Morgan fingerprint density at radius 1 is 1.04 bits per heavy atom. The van der Waals surface area contributed by atoms with E-state index in [2.05, 4.69) is 36.0 Å². The number of carbonyl (C=O) groups is 1. The molecule has 0 saturated carbocycles. The van der Waals surface area contributed by atoms with Crippen LogP contribution in [0, 0.1) is 6.92 Å². The zero-order chi connectivity index (χ0) is 19.4. The highest BCUT2D eigenvalue weighted by molar-refractivity contribution is 6.71. The highest BCUT2D eigenvalue weighted by Crippen LogP contribution is 2.27. The molecular weight excluding hydrogens is 336 g/mol. The molecule has 0 saturated heterocycles. The molecule has 1 aliphatic rings. The van der Waals surface area contributed by atoms with E-state index in [0.717, 1.165) is 35.7 Å². The second-order valence-electron chi connectivity index (χ2n) is 6.46. The first-order valence-corrected chi connectivity index (χ1v) is 9.50. The Kier molecular flexibility index (Phi) is 5.69. The smallest absolute Gasteiger partial charge is 0.299 e. The summed E-state index contributed by atoms with van der Waals surface area (Å²) in [5.74, 6) is -0.176. The fourth-order valence-corrected chi connectivity index (χ4v) is 3.20. The van der Waals surface area contributed by atoms with Crippen molar-refractivity contribution >= 4 is 34.4 Å². The summed E-state index contributed by atoms with van der Waals surface area (Å²) in [6, 6.07) is 15.7. The minimum atomic E-state index is -0.176. The molecule has 0 spiro atoms. The predicted octanol–water partition coefficient (Wildman–Crippen LogP) is 4.73. The highest BCUT2D eigenvalue weighted by Gasteiger charge is 2.31. The number of anilines is 2. The van der Waals surface area contributed by atoms with Crippen LogP contribution in [0.5, 0.6) is 0 Å². The molecule has 0 atom stereocenters. The van der Waals surface area contributed by atoms with Crippen molar-refractivity contribution in [2.45, 2.75) is 34.1 Å². The number of amides is 1. The quantitative estimate of drug-likeness (QED) is 0.746. The van der Waals surface area contributed by atoms with Crippen molar-refractivity contribution in [3.63, 3.8) is 0 Å². The number of hydrogen-bond acceptors (Lipinski definition) is 4. The monoisotopic (exact) mass is 362 g/mol. The SMILES string of the molecule is CCC1=NN(c2ccccc2)C(=O)C1=Nc1ccc(N(CC)CC)cc1C. The molecule has 0 aliphatic carbocycles. The summed E-state index contributed by atoms with van der Waals surface area (Å²) in [6.07, 6.45) is 0.657. The van der Waals surface area contributed by atoms with Crippen LogP contribution in [0.25, 0.3) is 0 Å². The molecule has 1 aliphatic heterocycles. The molecule has 5 heteroatoms. The number of rotatable bonds is 6. The lowest BCUT2D eigenvalue weighted by Crippen LogP contribution is -2.27. The minimum absolute atomic E-state index is 0.176. The van der Waals surface area contributed by atoms with E-state index in [1.165, 1.54) is 10.7 Å².